The number of rotatable bonds is 4. The minimum Gasteiger partial charge on any atom is -0.467 e. The van der Waals surface area contributed by atoms with Crippen LogP contribution < -0.4 is 5.32 Å². The summed E-state index contributed by atoms with van der Waals surface area (Å²) in [4.78, 5) is 4.70. The fourth-order valence-electron chi connectivity index (χ4n) is 2.11. The molecule has 1 unspecified atom stereocenters. The molecule has 0 aromatic carbocycles. The second-order valence-corrected chi connectivity index (χ2v) is 5.96. The summed E-state index contributed by atoms with van der Waals surface area (Å²) in [5.74, 6) is 2.12. The van der Waals surface area contributed by atoms with Gasteiger partial charge in [-0.1, -0.05) is 25.6 Å². The van der Waals surface area contributed by atoms with E-state index in [-0.39, 0.29) is 6.04 Å². The highest BCUT2D eigenvalue weighted by molar-refractivity contribution is 8.13. The first-order valence-electron chi connectivity index (χ1n) is 6.66. The highest BCUT2D eigenvalue weighted by Gasteiger charge is 2.30. The molecule has 1 aromatic rings. The molecular formula is C14H22N2OS. The molecule has 0 saturated carbocycles. The normalized spacial score (nSPS) is 20.3. The fraction of sp³-hybridized carbons (Fsp3) is 0.643. The SMILES string of the molecule is CCC1(CC)CN=C(NC(C)c2ccco2)SC1. The van der Waals surface area contributed by atoms with Crippen LogP contribution in [0.1, 0.15) is 45.4 Å². The Bertz CT molecular complexity index is 396. The van der Waals surface area contributed by atoms with Crippen molar-refractivity contribution in [1.29, 1.82) is 0 Å². The van der Waals surface area contributed by atoms with E-state index in [0.717, 1.165) is 23.2 Å². The summed E-state index contributed by atoms with van der Waals surface area (Å²) in [6.07, 6.45) is 4.13. The maximum absolute atomic E-state index is 5.39. The molecule has 18 heavy (non-hydrogen) atoms. The Balaban J connectivity index is 1.94. The van der Waals surface area contributed by atoms with Crippen molar-refractivity contribution in [3.05, 3.63) is 24.2 Å². The lowest BCUT2D eigenvalue weighted by Gasteiger charge is -2.33. The van der Waals surface area contributed by atoms with E-state index < -0.39 is 0 Å². The maximum Gasteiger partial charge on any atom is 0.157 e. The third kappa shape index (κ3) is 2.91. The zero-order valence-corrected chi connectivity index (χ0v) is 12.2. The van der Waals surface area contributed by atoms with Gasteiger partial charge in [0.25, 0.3) is 0 Å². The Labute approximate surface area is 113 Å². The van der Waals surface area contributed by atoms with Gasteiger partial charge in [0.15, 0.2) is 5.17 Å². The van der Waals surface area contributed by atoms with Gasteiger partial charge in [-0.2, -0.15) is 0 Å². The summed E-state index contributed by atoms with van der Waals surface area (Å²) in [5, 5.41) is 4.48. The smallest absolute Gasteiger partial charge is 0.157 e. The molecule has 0 fully saturated rings. The third-order valence-electron chi connectivity index (χ3n) is 3.88. The number of hydrogen-bond donors (Lipinski definition) is 1. The van der Waals surface area contributed by atoms with Gasteiger partial charge < -0.3 is 9.73 Å². The molecule has 1 aliphatic heterocycles. The monoisotopic (exact) mass is 266 g/mol. The molecule has 1 N–H and O–H groups in total. The lowest BCUT2D eigenvalue weighted by molar-refractivity contribution is 0.317. The third-order valence-corrected chi connectivity index (χ3v) is 5.16. The summed E-state index contributed by atoms with van der Waals surface area (Å²) in [5.41, 5.74) is 0.407. The molecule has 0 aliphatic carbocycles. The van der Waals surface area contributed by atoms with Gasteiger partial charge in [0.05, 0.1) is 12.3 Å². The molecule has 0 amide bonds. The zero-order valence-electron chi connectivity index (χ0n) is 11.4. The molecule has 3 nitrogen and oxygen atoms in total. The Morgan fingerprint density at radius 1 is 1.50 bits per heavy atom. The van der Waals surface area contributed by atoms with Crippen molar-refractivity contribution in [3.63, 3.8) is 0 Å². The summed E-state index contributed by atoms with van der Waals surface area (Å²) >= 11 is 1.84. The topological polar surface area (TPSA) is 37.5 Å². The van der Waals surface area contributed by atoms with Crippen LogP contribution in [0.25, 0.3) is 0 Å². The summed E-state index contributed by atoms with van der Waals surface area (Å²) in [7, 11) is 0. The lowest BCUT2D eigenvalue weighted by Crippen LogP contribution is -2.35. The number of hydrogen-bond acceptors (Lipinski definition) is 4. The maximum atomic E-state index is 5.39. The molecule has 0 bridgehead atoms. The van der Waals surface area contributed by atoms with Gasteiger partial charge in [0.2, 0.25) is 0 Å². The quantitative estimate of drug-likeness (QED) is 0.899. The van der Waals surface area contributed by atoms with Crippen LogP contribution in [0, 0.1) is 5.41 Å². The Morgan fingerprint density at radius 2 is 2.28 bits per heavy atom. The van der Waals surface area contributed by atoms with Crippen LogP contribution in [0.3, 0.4) is 0 Å². The number of amidine groups is 1. The van der Waals surface area contributed by atoms with E-state index in [9.17, 15) is 0 Å². The van der Waals surface area contributed by atoms with Gasteiger partial charge in [-0.3, -0.25) is 4.99 Å². The van der Waals surface area contributed by atoms with Crippen LogP contribution in [-0.2, 0) is 0 Å². The summed E-state index contributed by atoms with van der Waals surface area (Å²) in [6.45, 7) is 7.58. The van der Waals surface area contributed by atoms with E-state index >= 15 is 0 Å². The number of thioether (sulfide) groups is 1. The molecule has 2 heterocycles. The molecule has 1 aromatic heterocycles. The molecule has 4 heteroatoms. The van der Waals surface area contributed by atoms with Crippen molar-refractivity contribution in [3.8, 4) is 0 Å². The van der Waals surface area contributed by atoms with E-state index in [1.54, 1.807) is 6.26 Å². The minimum absolute atomic E-state index is 0.182. The van der Waals surface area contributed by atoms with Crippen LogP contribution in [-0.4, -0.2) is 17.5 Å². The average Bonchev–Trinajstić information content (AvgIpc) is 2.94. The molecule has 0 saturated heterocycles. The number of nitrogens with one attached hydrogen (secondary N) is 1. The van der Waals surface area contributed by atoms with Gasteiger partial charge in [-0.15, -0.1) is 0 Å². The van der Waals surface area contributed by atoms with E-state index in [2.05, 4.69) is 26.1 Å². The van der Waals surface area contributed by atoms with Crippen molar-refractivity contribution in [2.75, 3.05) is 12.3 Å². The first-order valence-corrected chi connectivity index (χ1v) is 7.65. The van der Waals surface area contributed by atoms with Crippen LogP contribution in [0.15, 0.2) is 27.8 Å². The predicted octanol–water partition coefficient (Wildman–Crippen LogP) is 3.84. The molecule has 0 radical (unpaired) electrons. The van der Waals surface area contributed by atoms with Gasteiger partial charge in [-0.05, 0) is 37.3 Å². The predicted molar refractivity (Wildman–Crippen MR) is 78.0 cm³/mol. The van der Waals surface area contributed by atoms with Crippen LogP contribution in [0.2, 0.25) is 0 Å². The van der Waals surface area contributed by atoms with Crippen LogP contribution in [0.5, 0.6) is 0 Å². The van der Waals surface area contributed by atoms with E-state index in [1.807, 2.05) is 23.9 Å². The largest absolute Gasteiger partial charge is 0.467 e. The standard InChI is InChI=1S/C14H22N2OS/c1-4-14(5-2)9-15-13(18-10-14)16-11(3)12-7-6-8-17-12/h6-8,11H,4-5,9-10H2,1-3H3,(H,15,16). The second kappa shape index (κ2) is 5.83. The molecule has 2 rings (SSSR count). The number of furan rings is 1. The Morgan fingerprint density at radius 3 is 2.78 bits per heavy atom. The first kappa shape index (κ1) is 13.5. The molecule has 1 atom stereocenters. The van der Waals surface area contributed by atoms with Crippen LogP contribution >= 0.6 is 11.8 Å². The summed E-state index contributed by atoms with van der Waals surface area (Å²) in [6, 6.07) is 4.10. The van der Waals surface area contributed by atoms with E-state index in [0.29, 0.717) is 5.41 Å². The molecule has 100 valence electrons. The van der Waals surface area contributed by atoms with E-state index in [4.69, 9.17) is 9.41 Å². The molecule has 0 spiro atoms. The van der Waals surface area contributed by atoms with Crippen molar-refractivity contribution < 1.29 is 4.42 Å². The fourth-order valence-corrected chi connectivity index (χ4v) is 3.47. The number of aliphatic imine (C=N–C) groups is 1. The first-order chi connectivity index (χ1) is 8.69. The highest BCUT2D eigenvalue weighted by Crippen LogP contribution is 2.35. The molecular weight excluding hydrogens is 244 g/mol. The Kier molecular flexibility index (Phi) is 4.38. The lowest BCUT2D eigenvalue weighted by atomic mass is 9.84. The van der Waals surface area contributed by atoms with Crippen LogP contribution in [0.4, 0.5) is 0 Å². The van der Waals surface area contributed by atoms with Gasteiger partial charge in [-0.25, -0.2) is 0 Å². The van der Waals surface area contributed by atoms with Crippen molar-refractivity contribution >= 4 is 16.9 Å². The zero-order chi connectivity index (χ0) is 13.0. The highest BCUT2D eigenvalue weighted by atomic mass is 32.2. The summed E-state index contributed by atoms with van der Waals surface area (Å²) < 4.78 is 5.39. The second-order valence-electron chi connectivity index (χ2n) is 5.00. The Hall–Kier alpha value is -0.900. The van der Waals surface area contributed by atoms with Gasteiger partial charge in [0.1, 0.15) is 5.76 Å². The van der Waals surface area contributed by atoms with Crippen molar-refractivity contribution in [2.24, 2.45) is 10.4 Å². The van der Waals surface area contributed by atoms with E-state index in [1.165, 1.54) is 12.8 Å². The van der Waals surface area contributed by atoms with Crippen molar-refractivity contribution in [2.45, 2.75) is 39.7 Å². The average molecular weight is 266 g/mol. The number of nitrogens with zero attached hydrogens (tertiary/aromatic N) is 1. The molecule has 1 aliphatic rings. The van der Waals surface area contributed by atoms with Gasteiger partial charge in [0, 0.05) is 12.3 Å². The van der Waals surface area contributed by atoms with Gasteiger partial charge >= 0.3 is 0 Å². The van der Waals surface area contributed by atoms with Crippen molar-refractivity contribution in [1.82, 2.24) is 5.32 Å². The minimum atomic E-state index is 0.182.